The Balaban J connectivity index is 1.94. The lowest BCUT2D eigenvalue weighted by molar-refractivity contribution is -0.180. The fourth-order valence-corrected chi connectivity index (χ4v) is 1.65. The summed E-state index contributed by atoms with van der Waals surface area (Å²) in [6, 6.07) is -0.230. The van der Waals surface area contributed by atoms with Crippen molar-refractivity contribution in [2.75, 3.05) is 6.54 Å². The highest BCUT2D eigenvalue weighted by molar-refractivity contribution is 5.88. The third-order valence-corrected chi connectivity index (χ3v) is 3.01. The number of amides is 1. The molecule has 1 heterocycles. The normalized spacial score (nSPS) is 28.4. The summed E-state index contributed by atoms with van der Waals surface area (Å²) < 4.78 is 5.16. The number of esters is 1. The van der Waals surface area contributed by atoms with E-state index in [1.54, 1.807) is 0 Å². The van der Waals surface area contributed by atoms with Crippen LogP contribution < -0.4 is 11.1 Å². The Morgan fingerprint density at radius 3 is 2.36 bits per heavy atom. The molecule has 1 aliphatic carbocycles. The van der Waals surface area contributed by atoms with Crippen molar-refractivity contribution in [3.8, 4) is 0 Å². The van der Waals surface area contributed by atoms with Crippen LogP contribution in [0.1, 0.15) is 25.7 Å². The summed E-state index contributed by atoms with van der Waals surface area (Å²) in [4.78, 5) is 22.5. The summed E-state index contributed by atoms with van der Waals surface area (Å²) >= 11 is 0. The zero-order valence-corrected chi connectivity index (χ0v) is 7.91. The van der Waals surface area contributed by atoms with Gasteiger partial charge in [-0.25, -0.2) is 0 Å². The number of hydrogen-bond donors (Lipinski definition) is 2. The molecule has 0 aromatic carbocycles. The third kappa shape index (κ3) is 1.37. The number of nitrogens with one attached hydrogen (secondary N) is 1. The van der Waals surface area contributed by atoms with Gasteiger partial charge in [-0.2, -0.15) is 0 Å². The Labute approximate surface area is 82.0 Å². The molecule has 1 aliphatic heterocycles. The molecule has 1 atom stereocenters. The van der Waals surface area contributed by atoms with Gasteiger partial charge in [0.25, 0.3) is 5.91 Å². The first-order chi connectivity index (χ1) is 6.64. The zero-order chi connectivity index (χ0) is 10.2. The predicted octanol–water partition coefficient (Wildman–Crippen LogP) is -0.701. The quantitative estimate of drug-likeness (QED) is 0.587. The number of rotatable bonds is 3. The van der Waals surface area contributed by atoms with Crippen molar-refractivity contribution in [2.45, 2.75) is 37.3 Å². The maximum atomic E-state index is 11.4. The van der Waals surface area contributed by atoms with Gasteiger partial charge in [0, 0.05) is 0 Å². The van der Waals surface area contributed by atoms with Gasteiger partial charge in [0.1, 0.15) is 6.04 Å². The van der Waals surface area contributed by atoms with Gasteiger partial charge in [0.2, 0.25) is 0 Å². The largest absolute Gasteiger partial charge is 0.448 e. The Hall–Kier alpha value is -1.10. The van der Waals surface area contributed by atoms with E-state index in [2.05, 4.69) is 5.32 Å². The number of carbonyl (C=O) groups is 2. The van der Waals surface area contributed by atoms with Crippen LogP contribution in [0.4, 0.5) is 0 Å². The number of nitrogens with two attached hydrogens (primary N) is 1. The van der Waals surface area contributed by atoms with E-state index in [9.17, 15) is 9.59 Å². The highest BCUT2D eigenvalue weighted by atomic mass is 16.6. The highest BCUT2D eigenvalue weighted by Gasteiger charge is 2.47. The summed E-state index contributed by atoms with van der Waals surface area (Å²) in [6.45, 7) is 0.837. The van der Waals surface area contributed by atoms with Crippen molar-refractivity contribution in [3.63, 3.8) is 0 Å². The molecular weight excluding hydrogens is 184 g/mol. The molecule has 0 spiro atoms. The topological polar surface area (TPSA) is 81.4 Å². The number of primary amides is 1. The standard InChI is InChI=1S/C9H14N2O3/c10-8(13)9(3-1-4-9)14-7(12)6-2-5-11-6/h6,11H,1-5H2,(H2,10,13). The van der Waals surface area contributed by atoms with E-state index < -0.39 is 11.5 Å². The molecule has 14 heavy (non-hydrogen) atoms. The van der Waals surface area contributed by atoms with Gasteiger partial charge in [-0.05, 0) is 32.2 Å². The minimum absolute atomic E-state index is 0.230. The lowest BCUT2D eigenvalue weighted by Crippen LogP contribution is -2.57. The average Bonchev–Trinajstić information content (AvgIpc) is 1.92. The Kier molecular flexibility index (Phi) is 2.19. The van der Waals surface area contributed by atoms with Crippen molar-refractivity contribution >= 4 is 11.9 Å². The van der Waals surface area contributed by atoms with Gasteiger partial charge in [-0.15, -0.1) is 0 Å². The van der Waals surface area contributed by atoms with Crippen LogP contribution in [-0.4, -0.2) is 30.1 Å². The molecule has 5 nitrogen and oxygen atoms in total. The van der Waals surface area contributed by atoms with E-state index >= 15 is 0 Å². The second-order valence-corrected chi connectivity index (χ2v) is 3.93. The molecule has 0 aromatic rings. The third-order valence-electron chi connectivity index (χ3n) is 3.01. The molecule has 0 radical (unpaired) electrons. The molecule has 1 saturated heterocycles. The number of hydrogen-bond acceptors (Lipinski definition) is 4. The van der Waals surface area contributed by atoms with Gasteiger partial charge >= 0.3 is 5.97 Å². The van der Waals surface area contributed by atoms with Crippen molar-refractivity contribution in [1.29, 1.82) is 0 Å². The minimum atomic E-state index is -0.992. The molecule has 0 bridgehead atoms. The first kappa shape index (κ1) is 9.45. The molecule has 3 N–H and O–H groups in total. The maximum absolute atomic E-state index is 11.4. The smallest absolute Gasteiger partial charge is 0.324 e. The van der Waals surface area contributed by atoms with Crippen LogP contribution >= 0.6 is 0 Å². The van der Waals surface area contributed by atoms with Crippen molar-refractivity contribution < 1.29 is 14.3 Å². The molecule has 2 rings (SSSR count). The lowest BCUT2D eigenvalue weighted by atomic mass is 9.79. The Bertz CT molecular complexity index is 269. The average molecular weight is 198 g/mol. The van der Waals surface area contributed by atoms with E-state index in [1.807, 2.05) is 0 Å². The Morgan fingerprint density at radius 1 is 1.43 bits per heavy atom. The van der Waals surface area contributed by atoms with Crippen LogP contribution in [0.2, 0.25) is 0 Å². The number of carbonyl (C=O) groups excluding carboxylic acids is 2. The molecule has 5 heteroatoms. The fraction of sp³-hybridized carbons (Fsp3) is 0.778. The summed E-state index contributed by atoms with van der Waals surface area (Å²) in [5.41, 5.74) is 4.21. The van der Waals surface area contributed by atoms with Gasteiger partial charge in [-0.3, -0.25) is 9.59 Å². The summed E-state index contributed by atoms with van der Waals surface area (Å²) in [5.74, 6) is -0.855. The van der Waals surface area contributed by atoms with E-state index in [-0.39, 0.29) is 12.0 Å². The molecule has 78 valence electrons. The molecule has 0 aromatic heterocycles. The second-order valence-electron chi connectivity index (χ2n) is 3.93. The minimum Gasteiger partial charge on any atom is -0.448 e. The molecular formula is C9H14N2O3. The van der Waals surface area contributed by atoms with Crippen molar-refractivity contribution in [3.05, 3.63) is 0 Å². The van der Waals surface area contributed by atoms with E-state index in [1.165, 1.54) is 0 Å². The van der Waals surface area contributed by atoms with Crippen LogP contribution in [-0.2, 0) is 14.3 Å². The van der Waals surface area contributed by atoms with Crippen LogP contribution in [0.5, 0.6) is 0 Å². The molecule has 1 unspecified atom stereocenters. The van der Waals surface area contributed by atoms with Gasteiger partial charge < -0.3 is 15.8 Å². The van der Waals surface area contributed by atoms with Crippen LogP contribution in [0, 0.1) is 0 Å². The summed E-state index contributed by atoms with van der Waals surface area (Å²) in [5, 5.41) is 2.93. The summed E-state index contributed by atoms with van der Waals surface area (Å²) in [7, 11) is 0. The molecule has 1 amide bonds. The predicted molar refractivity (Wildman–Crippen MR) is 48.3 cm³/mol. The number of ether oxygens (including phenoxy) is 1. The SMILES string of the molecule is NC(=O)C1(OC(=O)C2CCN2)CCC1. The van der Waals surface area contributed by atoms with Crippen molar-refractivity contribution in [2.24, 2.45) is 5.73 Å². The van der Waals surface area contributed by atoms with Crippen LogP contribution in [0.3, 0.4) is 0 Å². The second kappa shape index (κ2) is 3.24. The fourth-order valence-electron chi connectivity index (χ4n) is 1.65. The van der Waals surface area contributed by atoms with E-state index in [0.717, 1.165) is 19.4 Å². The van der Waals surface area contributed by atoms with Gasteiger partial charge in [0.15, 0.2) is 5.60 Å². The van der Waals surface area contributed by atoms with Gasteiger partial charge in [0.05, 0.1) is 0 Å². The van der Waals surface area contributed by atoms with E-state index in [0.29, 0.717) is 12.8 Å². The molecule has 1 saturated carbocycles. The molecule has 2 aliphatic rings. The van der Waals surface area contributed by atoms with Crippen LogP contribution in [0.15, 0.2) is 0 Å². The molecule has 2 fully saturated rings. The maximum Gasteiger partial charge on any atom is 0.324 e. The first-order valence-corrected chi connectivity index (χ1v) is 4.90. The van der Waals surface area contributed by atoms with E-state index in [4.69, 9.17) is 10.5 Å². The Morgan fingerprint density at radius 2 is 2.07 bits per heavy atom. The van der Waals surface area contributed by atoms with Gasteiger partial charge in [-0.1, -0.05) is 0 Å². The summed E-state index contributed by atoms with van der Waals surface area (Å²) in [6.07, 6.45) is 2.82. The highest BCUT2D eigenvalue weighted by Crippen LogP contribution is 2.35. The van der Waals surface area contributed by atoms with Crippen LogP contribution in [0.25, 0.3) is 0 Å². The zero-order valence-electron chi connectivity index (χ0n) is 7.91. The monoisotopic (exact) mass is 198 g/mol. The lowest BCUT2D eigenvalue weighted by Gasteiger charge is -2.39. The first-order valence-electron chi connectivity index (χ1n) is 4.90. The van der Waals surface area contributed by atoms with Crippen molar-refractivity contribution in [1.82, 2.24) is 5.32 Å².